The van der Waals surface area contributed by atoms with Crippen LogP contribution in [0.25, 0.3) is 0 Å². The van der Waals surface area contributed by atoms with E-state index in [-0.39, 0.29) is 17.1 Å². The summed E-state index contributed by atoms with van der Waals surface area (Å²) in [5.74, 6) is 2.17. The number of carbonyl (C=O) groups is 1. The first kappa shape index (κ1) is 18.6. The number of nitrogens with one attached hydrogen (secondary N) is 1. The van der Waals surface area contributed by atoms with Crippen molar-refractivity contribution in [3.05, 3.63) is 5.89 Å². The summed E-state index contributed by atoms with van der Waals surface area (Å²) in [6, 6.07) is 0.299. The van der Waals surface area contributed by atoms with Crippen molar-refractivity contribution < 1.29 is 9.21 Å². The molecule has 0 aromatic carbocycles. The lowest BCUT2D eigenvalue weighted by Gasteiger charge is -2.31. The molecule has 3 atom stereocenters. The van der Waals surface area contributed by atoms with Gasteiger partial charge in [0.1, 0.15) is 0 Å². The first-order valence-corrected chi connectivity index (χ1v) is 10.6. The maximum atomic E-state index is 12.7. The molecule has 1 fully saturated rings. The summed E-state index contributed by atoms with van der Waals surface area (Å²) in [5, 5.41) is 11.6. The second-order valence-corrected chi connectivity index (χ2v) is 8.51. The number of amides is 1. The lowest BCUT2D eigenvalue weighted by atomic mass is 9.86. The first-order chi connectivity index (χ1) is 11.0. The van der Waals surface area contributed by atoms with E-state index in [2.05, 4.69) is 36.3 Å². The number of nitrogens with zero attached hydrogens (tertiary/aromatic N) is 2. The van der Waals surface area contributed by atoms with Gasteiger partial charge in [-0.3, -0.25) is 4.79 Å². The average molecular weight is 358 g/mol. The van der Waals surface area contributed by atoms with Gasteiger partial charge in [0.15, 0.2) is 0 Å². The summed E-state index contributed by atoms with van der Waals surface area (Å²) in [6.45, 7) is 6.34. The first-order valence-electron chi connectivity index (χ1n) is 8.29. The van der Waals surface area contributed by atoms with Crippen LogP contribution in [0.5, 0.6) is 0 Å². The van der Waals surface area contributed by atoms with Gasteiger partial charge in [0.05, 0.1) is 11.0 Å². The Morgan fingerprint density at radius 2 is 2.09 bits per heavy atom. The Hall–Kier alpha value is -0.690. The number of rotatable bonds is 7. The van der Waals surface area contributed by atoms with Gasteiger partial charge < -0.3 is 9.73 Å². The zero-order chi connectivity index (χ0) is 16.8. The highest BCUT2D eigenvalue weighted by Gasteiger charge is 2.30. The van der Waals surface area contributed by atoms with Gasteiger partial charge in [0, 0.05) is 6.04 Å². The maximum absolute atomic E-state index is 12.7. The van der Waals surface area contributed by atoms with E-state index >= 15 is 0 Å². The predicted octanol–water partition coefficient (Wildman–Crippen LogP) is 3.74. The Labute approximate surface area is 147 Å². The van der Waals surface area contributed by atoms with Crippen molar-refractivity contribution >= 4 is 29.4 Å². The smallest absolute Gasteiger partial charge is 0.277 e. The second-order valence-electron chi connectivity index (χ2n) is 6.55. The van der Waals surface area contributed by atoms with E-state index in [1.165, 1.54) is 31.0 Å². The van der Waals surface area contributed by atoms with Crippen molar-refractivity contribution in [2.24, 2.45) is 11.8 Å². The third-order valence-electron chi connectivity index (χ3n) is 4.25. The van der Waals surface area contributed by atoms with Crippen molar-refractivity contribution in [3.63, 3.8) is 0 Å². The number of thioether (sulfide) groups is 2. The standard InChI is InChI=1S/C16H27N3O2S2/c1-10(2)14(23-16-19-18-13(21-16)9-22-4)15(20)17-12-8-6-5-7-11(12)3/h10-12,14H,5-9H2,1-4H3,(H,17,20). The molecule has 0 bridgehead atoms. The lowest BCUT2D eigenvalue weighted by Crippen LogP contribution is -2.46. The van der Waals surface area contributed by atoms with E-state index in [4.69, 9.17) is 4.42 Å². The quantitative estimate of drug-likeness (QED) is 0.750. The third-order valence-corrected chi connectivity index (χ3v) is 6.16. The molecule has 130 valence electrons. The lowest BCUT2D eigenvalue weighted by molar-refractivity contribution is -0.122. The van der Waals surface area contributed by atoms with Crippen molar-refractivity contribution in [3.8, 4) is 0 Å². The monoisotopic (exact) mass is 357 g/mol. The Morgan fingerprint density at radius 1 is 1.35 bits per heavy atom. The van der Waals surface area contributed by atoms with Gasteiger partial charge in [-0.05, 0) is 30.9 Å². The molecule has 1 aromatic rings. The molecule has 1 saturated carbocycles. The molecule has 0 spiro atoms. The zero-order valence-corrected chi connectivity index (χ0v) is 16.0. The van der Waals surface area contributed by atoms with E-state index in [9.17, 15) is 4.79 Å². The molecule has 5 nitrogen and oxygen atoms in total. The van der Waals surface area contributed by atoms with Crippen LogP contribution in [0.3, 0.4) is 0 Å². The summed E-state index contributed by atoms with van der Waals surface area (Å²) in [7, 11) is 0. The summed E-state index contributed by atoms with van der Waals surface area (Å²) in [6.07, 6.45) is 6.76. The van der Waals surface area contributed by atoms with Crippen LogP contribution >= 0.6 is 23.5 Å². The van der Waals surface area contributed by atoms with Crippen LogP contribution in [0.4, 0.5) is 0 Å². The van der Waals surface area contributed by atoms with Crippen LogP contribution in [0.15, 0.2) is 9.64 Å². The molecule has 1 aliphatic carbocycles. The van der Waals surface area contributed by atoms with Crippen molar-refractivity contribution in [1.29, 1.82) is 0 Å². The molecule has 0 aliphatic heterocycles. The fourth-order valence-corrected chi connectivity index (χ4v) is 4.12. The van der Waals surface area contributed by atoms with Gasteiger partial charge in [-0.1, -0.05) is 45.4 Å². The minimum absolute atomic E-state index is 0.0911. The number of hydrogen-bond donors (Lipinski definition) is 1. The van der Waals surface area contributed by atoms with Crippen LogP contribution < -0.4 is 5.32 Å². The van der Waals surface area contributed by atoms with Gasteiger partial charge in [0.2, 0.25) is 11.8 Å². The van der Waals surface area contributed by atoms with Gasteiger partial charge in [-0.25, -0.2) is 0 Å². The Kier molecular flexibility index (Phi) is 7.27. The Bertz CT molecular complexity index is 507. The number of hydrogen-bond acceptors (Lipinski definition) is 6. The van der Waals surface area contributed by atoms with E-state index in [0.717, 1.165) is 6.42 Å². The van der Waals surface area contributed by atoms with E-state index in [0.29, 0.717) is 28.8 Å². The fourth-order valence-electron chi connectivity index (χ4n) is 2.86. The molecule has 1 heterocycles. The van der Waals surface area contributed by atoms with Crippen molar-refractivity contribution in [2.75, 3.05) is 6.26 Å². The van der Waals surface area contributed by atoms with Gasteiger partial charge in [-0.2, -0.15) is 11.8 Å². The molecular formula is C16H27N3O2S2. The Balaban J connectivity index is 1.97. The van der Waals surface area contributed by atoms with Crippen LogP contribution in [-0.4, -0.2) is 33.7 Å². The van der Waals surface area contributed by atoms with Gasteiger partial charge in [-0.15, -0.1) is 10.2 Å². The minimum atomic E-state index is -0.202. The largest absolute Gasteiger partial charge is 0.415 e. The number of carbonyl (C=O) groups excluding carboxylic acids is 1. The summed E-state index contributed by atoms with van der Waals surface area (Å²) in [5.41, 5.74) is 0. The van der Waals surface area contributed by atoms with E-state index < -0.39 is 0 Å². The topological polar surface area (TPSA) is 68.0 Å². The van der Waals surface area contributed by atoms with Crippen molar-refractivity contribution in [1.82, 2.24) is 15.5 Å². The zero-order valence-electron chi connectivity index (χ0n) is 14.4. The maximum Gasteiger partial charge on any atom is 0.277 e. The molecular weight excluding hydrogens is 330 g/mol. The highest BCUT2D eigenvalue weighted by Crippen LogP contribution is 2.29. The highest BCUT2D eigenvalue weighted by atomic mass is 32.2. The predicted molar refractivity (Wildman–Crippen MR) is 95.6 cm³/mol. The molecule has 1 N–H and O–H groups in total. The number of aromatic nitrogens is 2. The van der Waals surface area contributed by atoms with E-state index in [1.54, 1.807) is 11.8 Å². The molecule has 3 unspecified atom stereocenters. The van der Waals surface area contributed by atoms with Crippen molar-refractivity contribution in [2.45, 2.75) is 68.7 Å². The van der Waals surface area contributed by atoms with Crippen LogP contribution in [0.2, 0.25) is 0 Å². The summed E-state index contributed by atoms with van der Waals surface area (Å²) >= 11 is 3.02. The van der Waals surface area contributed by atoms with Crippen LogP contribution in [0, 0.1) is 11.8 Å². The molecule has 0 saturated heterocycles. The fraction of sp³-hybridized carbons (Fsp3) is 0.812. The normalized spacial score (nSPS) is 23.0. The van der Waals surface area contributed by atoms with Gasteiger partial charge in [0.25, 0.3) is 5.22 Å². The van der Waals surface area contributed by atoms with Crippen LogP contribution in [-0.2, 0) is 10.5 Å². The Morgan fingerprint density at radius 3 is 2.74 bits per heavy atom. The second kappa shape index (κ2) is 8.97. The summed E-state index contributed by atoms with van der Waals surface area (Å²) < 4.78 is 5.61. The molecule has 0 radical (unpaired) electrons. The average Bonchev–Trinajstić information content (AvgIpc) is 2.94. The molecule has 2 rings (SSSR count). The summed E-state index contributed by atoms with van der Waals surface area (Å²) in [4.78, 5) is 12.7. The van der Waals surface area contributed by atoms with E-state index in [1.807, 2.05) is 6.26 Å². The molecule has 1 aliphatic rings. The SMILES string of the molecule is CSCc1nnc(SC(C(=O)NC2CCCCC2C)C(C)C)o1. The molecule has 1 amide bonds. The highest BCUT2D eigenvalue weighted by molar-refractivity contribution is 8.00. The van der Waals surface area contributed by atoms with Gasteiger partial charge >= 0.3 is 0 Å². The van der Waals surface area contributed by atoms with Crippen LogP contribution in [0.1, 0.15) is 52.3 Å². The minimum Gasteiger partial charge on any atom is -0.415 e. The molecule has 7 heteroatoms. The molecule has 23 heavy (non-hydrogen) atoms. The molecule has 1 aromatic heterocycles. The third kappa shape index (κ3) is 5.41.